The molecule has 1 aliphatic carbocycles. The van der Waals surface area contributed by atoms with Crippen LogP contribution in [0.5, 0.6) is 0 Å². The SMILES string of the molecule is Cc1cc(CCCc2ccc3c(c2)CC3)c2cc(C)ccc2c1. The molecule has 0 saturated heterocycles. The van der Waals surface area contributed by atoms with Crippen LogP contribution in [0.2, 0.25) is 0 Å². The fourth-order valence-corrected chi connectivity index (χ4v) is 3.81. The van der Waals surface area contributed by atoms with E-state index >= 15 is 0 Å². The molecule has 0 N–H and O–H groups in total. The molecule has 0 unspecified atom stereocenters. The highest BCUT2D eigenvalue weighted by Crippen LogP contribution is 2.26. The molecule has 0 nitrogen and oxygen atoms in total. The minimum absolute atomic E-state index is 1.17. The van der Waals surface area contributed by atoms with E-state index in [2.05, 4.69) is 62.4 Å². The predicted molar refractivity (Wildman–Crippen MR) is 99.3 cm³/mol. The van der Waals surface area contributed by atoms with Gasteiger partial charge >= 0.3 is 0 Å². The summed E-state index contributed by atoms with van der Waals surface area (Å²) in [6, 6.07) is 18.6. The van der Waals surface area contributed by atoms with E-state index in [4.69, 9.17) is 0 Å². The van der Waals surface area contributed by atoms with Crippen molar-refractivity contribution >= 4 is 10.8 Å². The Morgan fingerprint density at radius 1 is 0.739 bits per heavy atom. The number of hydrogen-bond acceptors (Lipinski definition) is 0. The summed E-state index contributed by atoms with van der Waals surface area (Å²) in [5, 5.41) is 2.82. The molecule has 3 aromatic carbocycles. The molecule has 0 spiro atoms. The topological polar surface area (TPSA) is 0 Å². The van der Waals surface area contributed by atoms with Crippen LogP contribution in [0, 0.1) is 13.8 Å². The van der Waals surface area contributed by atoms with Gasteiger partial charge in [0.1, 0.15) is 0 Å². The van der Waals surface area contributed by atoms with Crippen LogP contribution in [0.1, 0.15) is 39.8 Å². The molecule has 0 heteroatoms. The van der Waals surface area contributed by atoms with Crippen molar-refractivity contribution in [2.24, 2.45) is 0 Å². The van der Waals surface area contributed by atoms with Crippen LogP contribution in [-0.2, 0) is 25.7 Å². The third-order valence-electron chi connectivity index (χ3n) is 5.19. The molecule has 0 radical (unpaired) electrons. The normalized spacial score (nSPS) is 13.0. The molecule has 4 rings (SSSR count). The van der Waals surface area contributed by atoms with E-state index in [1.807, 2.05) is 0 Å². The second-order valence-corrected chi connectivity index (χ2v) is 7.11. The first-order valence-electron chi connectivity index (χ1n) is 8.79. The largest absolute Gasteiger partial charge is 0.0588 e. The van der Waals surface area contributed by atoms with Crippen molar-refractivity contribution in [3.05, 3.63) is 81.9 Å². The molecule has 0 bridgehead atoms. The van der Waals surface area contributed by atoms with Gasteiger partial charge in [-0.05, 0) is 79.0 Å². The molecule has 23 heavy (non-hydrogen) atoms. The Kier molecular flexibility index (Phi) is 3.69. The molecule has 0 aromatic heterocycles. The maximum Gasteiger partial charge on any atom is -0.0149 e. The smallest absolute Gasteiger partial charge is 0.0149 e. The van der Waals surface area contributed by atoms with Gasteiger partial charge in [-0.2, -0.15) is 0 Å². The quantitative estimate of drug-likeness (QED) is 0.577. The highest BCUT2D eigenvalue weighted by Gasteiger charge is 2.12. The van der Waals surface area contributed by atoms with Crippen LogP contribution >= 0.6 is 0 Å². The average molecular weight is 300 g/mol. The standard InChI is InChI=1S/C23H24/c1-16-6-8-22-13-17(2)12-21(23(22)14-16)5-3-4-18-7-9-19-10-11-20(19)15-18/h6-9,12-15H,3-5,10-11H2,1-2H3. The Balaban J connectivity index is 1.53. The van der Waals surface area contributed by atoms with Crippen LogP contribution in [0.3, 0.4) is 0 Å². The van der Waals surface area contributed by atoms with Crippen molar-refractivity contribution in [3.63, 3.8) is 0 Å². The molecule has 0 atom stereocenters. The van der Waals surface area contributed by atoms with Gasteiger partial charge in [-0.3, -0.25) is 0 Å². The van der Waals surface area contributed by atoms with E-state index < -0.39 is 0 Å². The van der Waals surface area contributed by atoms with Gasteiger partial charge in [-0.1, -0.05) is 59.7 Å². The Bertz CT molecular complexity index is 871. The highest BCUT2D eigenvalue weighted by atomic mass is 14.2. The Morgan fingerprint density at radius 2 is 1.61 bits per heavy atom. The van der Waals surface area contributed by atoms with Crippen molar-refractivity contribution in [1.29, 1.82) is 0 Å². The van der Waals surface area contributed by atoms with Gasteiger partial charge in [-0.25, -0.2) is 0 Å². The number of hydrogen-bond donors (Lipinski definition) is 0. The van der Waals surface area contributed by atoms with Gasteiger partial charge in [0.15, 0.2) is 0 Å². The van der Waals surface area contributed by atoms with E-state index in [-0.39, 0.29) is 0 Å². The number of fused-ring (bicyclic) bond motifs is 2. The highest BCUT2D eigenvalue weighted by molar-refractivity contribution is 5.87. The molecular weight excluding hydrogens is 276 g/mol. The van der Waals surface area contributed by atoms with Gasteiger partial charge in [0, 0.05) is 0 Å². The van der Waals surface area contributed by atoms with Crippen LogP contribution in [0.25, 0.3) is 10.8 Å². The lowest BCUT2D eigenvalue weighted by Gasteiger charge is -2.19. The zero-order valence-corrected chi connectivity index (χ0v) is 14.2. The fourth-order valence-electron chi connectivity index (χ4n) is 3.81. The first kappa shape index (κ1) is 14.5. The number of rotatable bonds is 4. The molecule has 0 aliphatic heterocycles. The molecule has 0 fully saturated rings. The molecular formula is C23H24. The summed E-state index contributed by atoms with van der Waals surface area (Å²) in [6.07, 6.45) is 6.15. The van der Waals surface area contributed by atoms with Crippen molar-refractivity contribution in [1.82, 2.24) is 0 Å². The van der Waals surface area contributed by atoms with E-state index in [0.717, 1.165) is 0 Å². The lowest BCUT2D eigenvalue weighted by Crippen LogP contribution is -2.08. The van der Waals surface area contributed by atoms with E-state index in [1.54, 1.807) is 11.1 Å². The van der Waals surface area contributed by atoms with Crippen LogP contribution in [0.4, 0.5) is 0 Å². The molecule has 0 saturated carbocycles. The Labute approximate surface area is 139 Å². The summed E-state index contributed by atoms with van der Waals surface area (Å²) >= 11 is 0. The van der Waals surface area contributed by atoms with Crippen LogP contribution in [0.15, 0.2) is 48.5 Å². The molecule has 1 aliphatic rings. The average Bonchev–Trinajstić information content (AvgIpc) is 2.50. The lowest BCUT2D eigenvalue weighted by molar-refractivity contribution is 0.801. The van der Waals surface area contributed by atoms with Crippen molar-refractivity contribution in [3.8, 4) is 0 Å². The zero-order chi connectivity index (χ0) is 15.8. The summed E-state index contributed by atoms with van der Waals surface area (Å²) < 4.78 is 0. The molecule has 116 valence electrons. The maximum atomic E-state index is 2.43. The van der Waals surface area contributed by atoms with Gasteiger partial charge in [0.25, 0.3) is 0 Å². The Morgan fingerprint density at radius 3 is 2.39 bits per heavy atom. The fraction of sp³-hybridized carbons (Fsp3) is 0.304. The predicted octanol–water partition coefficient (Wildman–Crippen LogP) is 5.73. The van der Waals surface area contributed by atoms with Crippen molar-refractivity contribution in [2.45, 2.75) is 46.0 Å². The third kappa shape index (κ3) is 2.91. The summed E-state index contributed by atoms with van der Waals surface area (Å²) in [5.41, 5.74) is 8.89. The van der Waals surface area contributed by atoms with Crippen LogP contribution in [-0.4, -0.2) is 0 Å². The van der Waals surface area contributed by atoms with Crippen LogP contribution < -0.4 is 0 Å². The van der Waals surface area contributed by atoms with Crippen molar-refractivity contribution < 1.29 is 0 Å². The Hall–Kier alpha value is -2.08. The minimum atomic E-state index is 1.17. The van der Waals surface area contributed by atoms with E-state index in [9.17, 15) is 0 Å². The summed E-state index contributed by atoms with van der Waals surface area (Å²) in [7, 11) is 0. The summed E-state index contributed by atoms with van der Waals surface area (Å²) in [5.74, 6) is 0. The lowest BCUT2D eigenvalue weighted by atomic mass is 9.86. The molecule has 0 heterocycles. The molecule has 3 aromatic rings. The van der Waals surface area contributed by atoms with E-state index in [1.165, 1.54) is 65.1 Å². The van der Waals surface area contributed by atoms with Gasteiger partial charge in [0.05, 0.1) is 0 Å². The van der Waals surface area contributed by atoms with Gasteiger partial charge in [0.2, 0.25) is 0 Å². The molecule has 0 amide bonds. The second kappa shape index (κ2) is 5.85. The second-order valence-electron chi connectivity index (χ2n) is 7.11. The van der Waals surface area contributed by atoms with Crippen molar-refractivity contribution in [2.75, 3.05) is 0 Å². The minimum Gasteiger partial charge on any atom is -0.0588 e. The van der Waals surface area contributed by atoms with Gasteiger partial charge < -0.3 is 0 Å². The third-order valence-corrected chi connectivity index (χ3v) is 5.19. The summed E-state index contributed by atoms with van der Waals surface area (Å²) in [6.45, 7) is 4.39. The summed E-state index contributed by atoms with van der Waals surface area (Å²) in [4.78, 5) is 0. The maximum absolute atomic E-state index is 2.43. The number of aryl methyl sites for hydroxylation is 6. The number of benzene rings is 3. The monoisotopic (exact) mass is 300 g/mol. The van der Waals surface area contributed by atoms with E-state index in [0.29, 0.717) is 0 Å². The zero-order valence-electron chi connectivity index (χ0n) is 14.2. The first-order chi connectivity index (χ1) is 11.2. The first-order valence-corrected chi connectivity index (χ1v) is 8.79. The van der Waals surface area contributed by atoms with Gasteiger partial charge in [-0.15, -0.1) is 0 Å².